The van der Waals surface area contributed by atoms with Crippen molar-refractivity contribution in [3.8, 4) is 28.7 Å². The van der Waals surface area contributed by atoms with Gasteiger partial charge in [0.2, 0.25) is 5.91 Å². The third-order valence-corrected chi connectivity index (χ3v) is 4.30. The maximum Gasteiger partial charge on any atom is 0.330 e. The Hall–Kier alpha value is -3.76. The Kier molecular flexibility index (Phi) is 8.87. The highest BCUT2D eigenvalue weighted by molar-refractivity contribution is 6.02. The Labute approximate surface area is 185 Å². The van der Waals surface area contributed by atoms with E-state index < -0.39 is 24.5 Å². The van der Waals surface area contributed by atoms with Crippen molar-refractivity contribution in [2.24, 2.45) is 5.73 Å². The summed E-state index contributed by atoms with van der Waals surface area (Å²) in [5, 5.41) is 11.7. The topological polar surface area (TPSA) is 139 Å². The number of methoxy groups -OCH3 is 4. The van der Waals surface area contributed by atoms with E-state index in [0.717, 1.165) is 0 Å². The molecule has 0 saturated heterocycles. The van der Waals surface area contributed by atoms with E-state index in [9.17, 15) is 9.59 Å². The number of nitrogens with two attached hydrogens (primary N) is 1. The molecular weight excluding hydrogens is 420 g/mol. The van der Waals surface area contributed by atoms with Crippen LogP contribution in [0.15, 0.2) is 36.4 Å². The van der Waals surface area contributed by atoms with Gasteiger partial charge in [-0.2, -0.15) is 0 Å². The summed E-state index contributed by atoms with van der Waals surface area (Å²) in [6, 6.07) is 6.63. The molecule has 0 aromatic heterocycles. The molecule has 0 spiro atoms. The second kappa shape index (κ2) is 11.6. The Bertz CT molecular complexity index is 965. The fourth-order valence-electron chi connectivity index (χ4n) is 2.63. The van der Waals surface area contributed by atoms with E-state index in [-0.39, 0.29) is 11.5 Å². The monoisotopic (exact) mass is 446 g/mol. The molecule has 2 rings (SSSR count). The molecule has 1 amide bonds. The Morgan fingerprint density at radius 1 is 0.969 bits per heavy atom. The van der Waals surface area contributed by atoms with Crippen molar-refractivity contribution in [1.29, 1.82) is 0 Å². The van der Waals surface area contributed by atoms with Crippen LogP contribution < -0.4 is 34.7 Å². The minimum absolute atomic E-state index is 0.0432. The molecule has 0 saturated carbocycles. The molecule has 0 bridgehead atoms. The molecule has 0 aliphatic rings. The maximum absolute atomic E-state index is 12.5. The normalized spacial score (nSPS) is 11.6. The molecule has 10 heteroatoms. The number of benzene rings is 2. The number of amides is 1. The van der Waals surface area contributed by atoms with Gasteiger partial charge < -0.3 is 39.8 Å². The van der Waals surface area contributed by atoms with Gasteiger partial charge in [-0.1, -0.05) is 0 Å². The molecule has 0 fully saturated rings. The van der Waals surface area contributed by atoms with E-state index in [0.29, 0.717) is 28.5 Å². The summed E-state index contributed by atoms with van der Waals surface area (Å²) < 4.78 is 26.2. The van der Waals surface area contributed by atoms with Crippen LogP contribution in [-0.2, 0) is 9.59 Å². The molecule has 0 heterocycles. The number of aliphatic hydroxyl groups excluding tert-OH is 1. The standard InChI is InChI=1S/C22H26N2O8/c1-28-14-10-18(30-3)15(19(11-14)31-4)6-8-21(26)24-13-5-7-17(29-2)20(9-13)32-22(27)16(23)12-25/h5-11,16,25H,12,23H2,1-4H3,(H,24,26)/b8-6+/t16-/m0/s1. The van der Waals surface area contributed by atoms with Crippen LogP contribution in [0.4, 0.5) is 5.69 Å². The van der Waals surface area contributed by atoms with Crippen molar-refractivity contribution in [2.45, 2.75) is 6.04 Å². The fourth-order valence-corrected chi connectivity index (χ4v) is 2.63. The van der Waals surface area contributed by atoms with Crippen LogP contribution in [0, 0.1) is 0 Å². The van der Waals surface area contributed by atoms with Gasteiger partial charge in [-0.25, -0.2) is 4.79 Å². The average Bonchev–Trinajstić information content (AvgIpc) is 2.81. The van der Waals surface area contributed by atoms with Crippen LogP contribution in [0.5, 0.6) is 28.7 Å². The van der Waals surface area contributed by atoms with E-state index in [1.807, 2.05) is 0 Å². The summed E-state index contributed by atoms with van der Waals surface area (Å²) in [5.41, 5.74) is 6.35. The molecule has 0 unspecified atom stereocenters. The van der Waals surface area contributed by atoms with Crippen LogP contribution >= 0.6 is 0 Å². The second-order valence-electron chi connectivity index (χ2n) is 6.34. The highest BCUT2D eigenvalue weighted by atomic mass is 16.6. The molecule has 32 heavy (non-hydrogen) atoms. The lowest BCUT2D eigenvalue weighted by molar-refractivity contribution is -0.136. The first kappa shape index (κ1) is 24.5. The van der Waals surface area contributed by atoms with Crippen LogP contribution in [0.3, 0.4) is 0 Å². The zero-order valence-corrected chi connectivity index (χ0v) is 18.2. The van der Waals surface area contributed by atoms with Crippen molar-refractivity contribution in [2.75, 3.05) is 40.4 Å². The van der Waals surface area contributed by atoms with Crippen molar-refractivity contribution in [1.82, 2.24) is 0 Å². The lowest BCUT2D eigenvalue weighted by Crippen LogP contribution is -2.37. The van der Waals surface area contributed by atoms with Gasteiger partial charge in [0.25, 0.3) is 0 Å². The molecule has 0 aliphatic carbocycles. The third-order valence-electron chi connectivity index (χ3n) is 4.30. The predicted molar refractivity (Wildman–Crippen MR) is 117 cm³/mol. The SMILES string of the molecule is COc1cc(OC)c(/C=C/C(=O)Nc2ccc(OC)c(OC(=O)[C@@H](N)CO)c2)c(OC)c1. The van der Waals surface area contributed by atoms with E-state index >= 15 is 0 Å². The number of aliphatic hydroxyl groups is 1. The lowest BCUT2D eigenvalue weighted by atomic mass is 10.1. The van der Waals surface area contributed by atoms with Crippen LogP contribution in [0.2, 0.25) is 0 Å². The molecule has 10 nitrogen and oxygen atoms in total. The van der Waals surface area contributed by atoms with Gasteiger partial charge in [-0.05, 0) is 18.2 Å². The summed E-state index contributed by atoms with van der Waals surface area (Å²) in [4.78, 5) is 24.3. The van der Waals surface area contributed by atoms with E-state index in [1.165, 1.54) is 52.7 Å². The predicted octanol–water partition coefficient (Wildman–Crippen LogP) is 1.60. The zero-order valence-electron chi connectivity index (χ0n) is 18.2. The molecule has 2 aromatic rings. The Morgan fingerprint density at radius 3 is 2.12 bits per heavy atom. The van der Waals surface area contributed by atoms with Gasteiger partial charge in [-0.3, -0.25) is 4.79 Å². The molecule has 172 valence electrons. The van der Waals surface area contributed by atoms with Crippen molar-refractivity contribution in [3.63, 3.8) is 0 Å². The van der Waals surface area contributed by atoms with Crippen molar-refractivity contribution < 1.29 is 38.4 Å². The largest absolute Gasteiger partial charge is 0.496 e. The van der Waals surface area contributed by atoms with Crippen LogP contribution in [0.1, 0.15) is 5.56 Å². The number of esters is 1. The maximum atomic E-state index is 12.5. The number of carbonyl (C=O) groups is 2. The quantitative estimate of drug-likeness (QED) is 0.282. The van der Waals surface area contributed by atoms with Crippen molar-refractivity contribution >= 4 is 23.6 Å². The van der Waals surface area contributed by atoms with Gasteiger partial charge >= 0.3 is 5.97 Å². The van der Waals surface area contributed by atoms with E-state index in [4.69, 9.17) is 34.5 Å². The fraction of sp³-hybridized carbons (Fsp3) is 0.273. The number of nitrogens with one attached hydrogen (secondary N) is 1. The first-order valence-corrected chi connectivity index (χ1v) is 9.42. The number of carbonyl (C=O) groups excluding carboxylic acids is 2. The first-order valence-electron chi connectivity index (χ1n) is 9.42. The summed E-state index contributed by atoms with van der Waals surface area (Å²) >= 11 is 0. The number of anilines is 1. The highest BCUT2D eigenvalue weighted by Gasteiger charge is 2.18. The molecule has 0 aliphatic heterocycles. The molecule has 2 aromatic carbocycles. The molecule has 4 N–H and O–H groups in total. The Morgan fingerprint density at radius 2 is 1.59 bits per heavy atom. The number of ether oxygens (including phenoxy) is 5. The number of hydrogen-bond donors (Lipinski definition) is 3. The smallest absolute Gasteiger partial charge is 0.330 e. The number of rotatable bonds is 10. The van der Waals surface area contributed by atoms with Gasteiger partial charge in [0.1, 0.15) is 23.3 Å². The van der Waals surface area contributed by atoms with Gasteiger partial charge in [-0.15, -0.1) is 0 Å². The highest BCUT2D eigenvalue weighted by Crippen LogP contribution is 2.35. The second-order valence-corrected chi connectivity index (χ2v) is 6.34. The third kappa shape index (κ3) is 6.13. The minimum atomic E-state index is -1.20. The van der Waals surface area contributed by atoms with Gasteiger partial charge in [0.15, 0.2) is 11.5 Å². The Balaban J connectivity index is 2.22. The van der Waals surface area contributed by atoms with Crippen molar-refractivity contribution in [3.05, 3.63) is 42.0 Å². The summed E-state index contributed by atoms with van der Waals surface area (Å²) in [6.45, 7) is -0.569. The van der Waals surface area contributed by atoms with Crippen LogP contribution in [-0.4, -0.2) is 58.1 Å². The average molecular weight is 446 g/mol. The van der Waals surface area contributed by atoms with Gasteiger partial charge in [0, 0.05) is 30.0 Å². The zero-order chi connectivity index (χ0) is 23.7. The minimum Gasteiger partial charge on any atom is -0.496 e. The van der Waals surface area contributed by atoms with E-state index in [1.54, 1.807) is 18.2 Å². The first-order chi connectivity index (χ1) is 15.4. The van der Waals surface area contributed by atoms with Gasteiger partial charge in [0.05, 0.1) is 40.6 Å². The summed E-state index contributed by atoms with van der Waals surface area (Å²) in [5.74, 6) is 0.466. The number of hydrogen-bond acceptors (Lipinski definition) is 9. The summed E-state index contributed by atoms with van der Waals surface area (Å²) in [7, 11) is 5.91. The lowest BCUT2D eigenvalue weighted by Gasteiger charge is -2.13. The van der Waals surface area contributed by atoms with E-state index in [2.05, 4.69) is 5.32 Å². The molecular formula is C22H26N2O8. The van der Waals surface area contributed by atoms with Crippen LogP contribution in [0.25, 0.3) is 6.08 Å². The molecule has 1 atom stereocenters. The summed E-state index contributed by atoms with van der Waals surface area (Å²) in [6.07, 6.45) is 2.83. The molecule has 0 radical (unpaired) electrons.